The Morgan fingerprint density at radius 2 is 1.71 bits per heavy atom. The summed E-state index contributed by atoms with van der Waals surface area (Å²) in [4.78, 5) is 61.6. The highest BCUT2D eigenvalue weighted by Gasteiger charge is 2.68. The zero-order valence-corrected chi connectivity index (χ0v) is 32.1. The van der Waals surface area contributed by atoms with E-state index in [0.29, 0.717) is 22.1 Å². The fourth-order valence-corrected chi connectivity index (χ4v) is 11.2. The van der Waals surface area contributed by atoms with E-state index in [4.69, 9.17) is 28.3 Å². The molecule has 55 heavy (non-hydrogen) atoms. The number of halogens is 2. The van der Waals surface area contributed by atoms with E-state index >= 15 is 4.79 Å². The average molecular weight is 796 g/mol. The van der Waals surface area contributed by atoms with Gasteiger partial charge in [-0.25, -0.2) is 4.90 Å². The lowest BCUT2D eigenvalue weighted by Crippen LogP contribution is -2.49. The third-order valence-corrected chi connectivity index (χ3v) is 14.1. The average Bonchev–Trinajstić information content (AvgIpc) is 3.82. The van der Waals surface area contributed by atoms with E-state index in [0.717, 1.165) is 31.0 Å². The Morgan fingerprint density at radius 1 is 0.927 bits per heavy atom. The van der Waals surface area contributed by atoms with Crippen LogP contribution in [-0.2, 0) is 26.2 Å². The van der Waals surface area contributed by atoms with Crippen molar-refractivity contribution >= 4 is 92.3 Å². The SMILES string of the molecule is Cc1c(-c2cc(N3C(=O)[C@@H]4C[C@@H]5C(=CC[C@@H]6C(=O)N(c7cccc(B(O)O)c7)C(=O)[C@@H]65)[C@H](c5ccc(O)cc5Cl)[C@]4(C)C3=O)n(C)n2)sc2ccc(Cl)cc12. The van der Waals surface area contributed by atoms with Crippen LogP contribution in [0.3, 0.4) is 0 Å². The van der Waals surface area contributed by atoms with Crippen LogP contribution in [0.5, 0.6) is 5.75 Å². The van der Waals surface area contributed by atoms with Crippen LogP contribution in [0, 0.1) is 36.0 Å². The zero-order chi connectivity index (χ0) is 38.8. The second-order valence-corrected chi connectivity index (χ2v) is 17.0. The molecule has 3 fully saturated rings. The first-order valence-electron chi connectivity index (χ1n) is 17.8. The maximum Gasteiger partial charge on any atom is 0.488 e. The molecule has 2 aliphatic carbocycles. The van der Waals surface area contributed by atoms with Gasteiger partial charge in [-0.3, -0.25) is 28.8 Å². The van der Waals surface area contributed by atoms with Crippen molar-refractivity contribution in [1.29, 1.82) is 0 Å². The van der Waals surface area contributed by atoms with Crippen molar-refractivity contribution < 1.29 is 34.3 Å². The van der Waals surface area contributed by atoms with Crippen LogP contribution in [0.4, 0.5) is 11.5 Å². The number of rotatable bonds is 5. The third-order valence-electron chi connectivity index (χ3n) is 12.2. The van der Waals surface area contributed by atoms with Gasteiger partial charge in [0, 0.05) is 33.8 Å². The van der Waals surface area contributed by atoms with Crippen molar-refractivity contribution in [1.82, 2.24) is 9.78 Å². The minimum Gasteiger partial charge on any atom is -0.508 e. The van der Waals surface area contributed by atoms with Crippen LogP contribution >= 0.6 is 34.5 Å². The maximum absolute atomic E-state index is 15.1. The summed E-state index contributed by atoms with van der Waals surface area (Å²) in [6.07, 6.45) is 2.26. The van der Waals surface area contributed by atoms with Crippen LogP contribution < -0.4 is 15.3 Å². The van der Waals surface area contributed by atoms with Crippen molar-refractivity contribution in [2.75, 3.05) is 9.80 Å². The topological polar surface area (TPSA) is 153 Å². The molecule has 0 radical (unpaired) electrons. The number of aromatic nitrogens is 2. The molecule has 2 aliphatic heterocycles. The molecule has 4 heterocycles. The summed E-state index contributed by atoms with van der Waals surface area (Å²) in [6.45, 7) is 3.75. The van der Waals surface area contributed by atoms with Gasteiger partial charge in [0.1, 0.15) is 17.3 Å². The number of aromatic hydroxyl groups is 1. The largest absolute Gasteiger partial charge is 0.508 e. The predicted molar refractivity (Wildman–Crippen MR) is 210 cm³/mol. The summed E-state index contributed by atoms with van der Waals surface area (Å²) in [5, 5.41) is 36.5. The van der Waals surface area contributed by atoms with Crippen molar-refractivity contribution in [3.05, 3.63) is 99.6 Å². The van der Waals surface area contributed by atoms with Crippen molar-refractivity contribution in [3.8, 4) is 16.3 Å². The van der Waals surface area contributed by atoms with Crippen LogP contribution in [0.2, 0.25) is 10.0 Å². The van der Waals surface area contributed by atoms with Gasteiger partial charge in [0.2, 0.25) is 23.6 Å². The van der Waals surface area contributed by atoms with E-state index in [1.165, 1.54) is 33.8 Å². The van der Waals surface area contributed by atoms with E-state index in [1.807, 2.05) is 31.2 Å². The van der Waals surface area contributed by atoms with Gasteiger partial charge >= 0.3 is 7.12 Å². The number of carbonyl (C=O) groups excluding carboxylic acids is 4. The Bertz CT molecular complexity index is 2570. The monoisotopic (exact) mass is 794 g/mol. The third kappa shape index (κ3) is 5.13. The van der Waals surface area contributed by atoms with Gasteiger partial charge in [-0.2, -0.15) is 5.10 Å². The summed E-state index contributed by atoms with van der Waals surface area (Å²) in [7, 11) is -0.111. The van der Waals surface area contributed by atoms with Crippen LogP contribution in [0.1, 0.15) is 36.8 Å². The fraction of sp³-hybridized carbons (Fsp3) is 0.275. The van der Waals surface area contributed by atoms with Crippen LogP contribution in [0.15, 0.2) is 78.4 Å². The highest BCUT2D eigenvalue weighted by molar-refractivity contribution is 7.22. The molecule has 11 nitrogen and oxygen atoms in total. The van der Waals surface area contributed by atoms with Crippen molar-refractivity contribution in [3.63, 3.8) is 0 Å². The van der Waals surface area contributed by atoms with E-state index in [-0.39, 0.29) is 34.8 Å². The van der Waals surface area contributed by atoms with Crippen LogP contribution in [0.25, 0.3) is 20.7 Å². The summed E-state index contributed by atoms with van der Waals surface area (Å²) < 4.78 is 2.55. The lowest BCUT2D eigenvalue weighted by Gasteiger charge is -2.49. The number of phenolic OH excluding ortho intramolecular Hbond substituents is 1. The number of allylic oxidation sites excluding steroid dienone is 2. The lowest BCUT2D eigenvalue weighted by molar-refractivity contribution is -0.131. The number of nitrogens with zero attached hydrogens (tertiary/aromatic N) is 4. The highest BCUT2D eigenvalue weighted by atomic mass is 35.5. The Morgan fingerprint density at radius 3 is 2.45 bits per heavy atom. The number of aryl methyl sites for hydroxylation is 2. The Labute approximate surface area is 329 Å². The number of hydrogen-bond donors (Lipinski definition) is 3. The molecule has 0 bridgehead atoms. The number of amides is 4. The smallest absolute Gasteiger partial charge is 0.488 e. The first kappa shape index (κ1) is 35.9. The van der Waals surface area contributed by atoms with Gasteiger partial charge in [-0.1, -0.05) is 53.1 Å². The molecule has 0 unspecified atom stereocenters. The van der Waals surface area contributed by atoms with Gasteiger partial charge in [-0.05, 0) is 97.0 Å². The molecule has 6 atom stereocenters. The van der Waals surface area contributed by atoms with Gasteiger partial charge < -0.3 is 15.2 Å². The number of anilines is 2. The molecule has 2 saturated heterocycles. The number of thiophene rings is 1. The number of hydrogen-bond acceptors (Lipinski definition) is 9. The number of phenols is 1. The second-order valence-electron chi connectivity index (χ2n) is 15.1. The standard InChI is InChI=1S/C40H33BCl2N4O7S/c1-18-26-14-20(42)7-12-31(26)55-35(18)30-17-32(45(3)44-30)47-37(50)28-16-27-23(34(40(28,2)39(47)52)24-9-8-22(48)15-29(24)43)10-11-25-33(27)38(51)46(36(25)49)21-6-4-5-19(13-21)41(53)54/h4-10,12-15,17,25,27-28,33-34,48,53-54H,11,16H2,1-3H3/t25-,27+,28-,33-,34+,40+/m0/s1. The summed E-state index contributed by atoms with van der Waals surface area (Å²) >= 11 is 14.7. The molecule has 4 aliphatic rings. The zero-order valence-electron chi connectivity index (χ0n) is 29.7. The van der Waals surface area contributed by atoms with E-state index in [9.17, 15) is 29.5 Å². The van der Waals surface area contributed by atoms with Gasteiger partial charge in [0.25, 0.3) is 0 Å². The molecule has 2 aromatic heterocycles. The predicted octanol–water partition coefficient (Wildman–Crippen LogP) is 5.74. The van der Waals surface area contributed by atoms with Gasteiger partial charge in [0.05, 0.1) is 33.7 Å². The molecule has 15 heteroatoms. The van der Waals surface area contributed by atoms with Crippen LogP contribution in [-0.4, -0.2) is 55.7 Å². The minimum absolute atomic E-state index is 0.0698. The second kappa shape index (κ2) is 12.6. The minimum atomic E-state index is -1.80. The first-order chi connectivity index (χ1) is 26.2. The lowest BCUT2D eigenvalue weighted by atomic mass is 9.51. The van der Waals surface area contributed by atoms with Crippen molar-refractivity contribution in [2.24, 2.45) is 36.1 Å². The highest BCUT2D eigenvalue weighted by Crippen LogP contribution is 2.64. The number of imide groups is 2. The molecule has 9 rings (SSSR count). The van der Waals surface area contributed by atoms with Gasteiger partial charge in [0.15, 0.2) is 0 Å². The quantitative estimate of drug-likeness (QED) is 0.116. The van der Waals surface area contributed by atoms with E-state index in [1.54, 1.807) is 49.6 Å². The molecule has 0 spiro atoms. The molecule has 278 valence electrons. The normalized spacial score (nSPS) is 26.1. The summed E-state index contributed by atoms with van der Waals surface area (Å²) in [5.74, 6) is -5.40. The molecule has 3 N–H and O–H groups in total. The fourth-order valence-electron chi connectivity index (χ4n) is 9.62. The maximum atomic E-state index is 15.1. The molecular formula is C40H33BCl2N4O7S. The Balaban J connectivity index is 1.15. The van der Waals surface area contributed by atoms with E-state index < -0.39 is 65.8 Å². The van der Waals surface area contributed by atoms with Gasteiger partial charge in [-0.15, -0.1) is 11.3 Å². The summed E-state index contributed by atoms with van der Waals surface area (Å²) in [5.41, 5.74) is 1.82. The van der Waals surface area contributed by atoms with Crippen molar-refractivity contribution in [2.45, 2.75) is 32.6 Å². The molecule has 4 amide bonds. The summed E-state index contributed by atoms with van der Waals surface area (Å²) in [6, 6.07) is 18.0. The molecular weight excluding hydrogens is 762 g/mol. The number of fused-ring (bicyclic) bond motifs is 5. The number of benzene rings is 3. The Hall–Kier alpha value is -4.79. The van der Waals surface area contributed by atoms with E-state index in [2.05, 4.69) is 0 Å². The molecule has 1 saturated carbocycles. The molecule has 5 aromatic rings. The number of carbonyl (C=O) groups is 4. The molecule has 3 aromatic carbocycles. The Kier molecular flexibility index (Phi) is 8.23. The first-order valence-corrected chi connectivity index (χ1v) is 19.4.